The van der Waals surface area contributed by atoms with Gasteiger partial charge in [-0.3, -0.25) is 10.1 Å². The summed E-state index contributed by atoms with van der Waals surface area (Å²) >= 11 is 0. The van der Waals surface area contributed by atoms with Gasteiger partial charge in [-0.1, -0.05) is 0 Å². The quantitative estimate of drug-likeness (QED) is 0.478. The molecule has 0 aliphatic rings. The molecule has 0 fully saturated rings. The van der Waals surface area contributed by atoms with Crippen molar-refractivity contribution in [3.8, 4) is 29.0 Å². The summed E-state index contributed by atoms with van der Waals surface area (Å²) in [6, 6.07) is 12.6. The minimum atomic E-state index is -0.578. The maximum atomic E-state index is 10.7. The van der Waals surface area contributed by atoms with E-state index in [1.54, 1.807) is 25.1 Å². The topological polar surface area (TPSA) is 124 Å². The van der Waals surface area contributed by atoms with Crippen molar-refractivity contribution >= 4 is 5.69 Å². The third-order valence-corrected chi connectivity index (χ3v) is 3.71. The van der Waals surface area contributed by atoms with Gasteiger partial charge in [-0.15, -0.1) is 10.2 Å². The summed E-state index contributed by atoms with van der Waals surface area (Å²) in [4.78, 5) is 10.2. The zero-order valence-corrected chi connectivity index (χ0v) is 14.4. The van der Waals surface area contributed by atoms with Crippen LogP contribution in [0.3, 0.4) is 0 Å². The first-order valence-corrected chi connectivity index (χ1v) is 7.85. The number of nitrogens with zero attached hydrogens (tertiary/aromatic N) is 4. The molecular weight excluding hydrogens is 352 g/mol. The highest BCUT2D eigenvalue weighted by Gasteiger charge is 2.19. The monoisotopic (exact) mass is 366 g/mol. The molecule has 1 atom stereocenters. The zero-order valence-electron chi connectivity index (χ0n) is 14.4. The summed E-state index contributed by atoms with van der Waals surface area (Å²) in [5.74, 6) is 1.30. The third-order valence-electron chi connectivity index (χ3n) is 3.71. The van der Waals surface area contributed by atoms with Gasteiger partial charge in [-0.05, 0) is 31.2 Å². The molecule has 0 radical (unpaired) electrons. The van der Waals surface area contributed by atoms with Crippen molar-refractivity contribution in [2.24, 2.45) is 0 Å². The number of hydrogen-bond donors (Lipinski definition) is 0. The van der Waals surface area contributed by atoms with Crippen molar-refractivity contribution in [2.75, 3.05) is 7.11 Å². The van der Waals surface area contributed by atoms with Crippen LogP contribution in [0.25, 0.3) is 11.5 Å². The maximum Gasteiger partial charge on any atom is 0.269 e. The van der Waals surface area contributed by atoms with Crippen LogP contribution in [0.15, 0.2) is 46.9 Å². The Balaban J connectivity index is 1.78. The van der Waals surface area contributed by atoms with Crippen LogP contribution in [0.2, 0.25) is 0 Å². The Hall–Kier alpha value is -3.93. The lowest BCUT2D eigenvalue weighted by Crippen LogP contribution is -2.04. The summed E-state index contributed by atoms with van der Waals surface area (Å²) in [5, 5.41) is 27.6. The molecule has 0 bridgehead atoms. The van der Waals surface area contributed by atoms with E-state index in [-0.39, 0.29) is 17.5 Å². The van der Waals surface area contributed by atoms with E-state index in [0.717, 1.165) is 0 Å². The molecular formula is C18H14N4O5. The predicted molar refractivity (Wildman–Crippen MR) is 93.1 cm³/mol. The number of rotatable bonds is 6. The molecule has 3 aromatic rings. The fourth-order valence-electron chi connectivity index (χ4n) is 2.32. The lowest BCUT2D eigenvalue weighted by atomic mass is 10.2. The van der Waals surface area contributed by atoms with Crippen LogP contribution in [-0.4, -0.2) is 22.2 Å². The van der Waals surface area contributed by atoms with E-state index in [9.17, 15) is 10.1 Å². The first-order valence-electron chi connectivity index (χ1n) is 7.85. The lowest BCUT2D eigenvalue weighted by molar-refractivity contribution is -0.384. The molecule has 0 aliphatic heterocycles. The number of aromatic nitrogens is 2. The molecule has 0 aliphatic carbocycles. The van der Waals surface area contributed by atoms with Gasteiger partial charge in [-0.2, -0.15) is 5.26 Å². The summed E-state index contributed by atoms with van der Waals surface area (Å²) in [5.41, 5.74) is 0.982. The fourth-order valence-corrected chi connectivity index (χ4v) is 2.32. The molecule has 136 valence electrons. The van der Waals surface area contributed by atoms with E-state index in [2.05, 4.69) is 10.2 Å². The Labute approximate surface area is 153 Å². The molecule has 0 amide bonds. The minimum Gasteiger partial charge on any atom is -0.493 e. The second kappa shape index (κ2) is 7.53. The van der Waals surface area contributed by atoms with Gasteiger partial charge >= 0.3 is 0 Å². The van der Waals surface area contributed by atoms with Crippen LogP contribution in [-0.2, 0) is 0 Å². The number of methoxy groups -OCH3 is 1. The Kier molecular flexibility index (Phi) is 4.99. The van der Waals surface area contributed by atoms with E-state index in [1.807, 2.05) is 6.07 Å². The Morgan fingerprint density at radius 2 is 1.93 bits per heavy atom. The van der Waals surface area contributed by atoms with Gasteiger partial charge in [0.25, 0.3) is 11.6 Å². The number of non-ortho nitro benzene ring substituents is 1. The average Bonchev–Trinajstić information content (AvgIpc) is 3.18. The number of nitriles is 1. The molecule has 0 saturated carbocycles. The highest BCUT2D eigenvalue weighted by atomic mass is 16.6. The molecule has 0 unspecified atom stereocenters. The number of benzene rings is 2. The number of nitro benzene ring substituents is 1. The lowest BCUT2D eigenvalue weighted by Gasteiger charge is -2.14. The summed E-state index contributed by atoms with van der Waals surface area (Å²) in [7, 11) is 1.48. The normalized spacial score (nSPS) is 11.4. The van der Waals surface area contributed by atoms with Gasteiger partial charge < -0.3 is 13.9 Å². The second-order valence-corrected chi connectivity index (χ2v) is 5.49. The van der Waals surface area contributed by atoms with E-state index in [1.165, 1.54) is 31.4 Å². The van der Waals surface area contributed by atoms with Crippen LogP contribution >= 0.6 is 0 Å². The van der Waals surface area contributed by atoms with Crippen molar-refractivity contribution in [1.82, 2.24) is 10.2 Å². The van der Waals surface area contributed by atoms with Crippen LogP contribution in [0, 0.1) is 21.4 Å². The molecule has 1 aromatic heterocycles. The van der Waals surface area contributed by atoms with Crippen LogP contribution in [0.4, 0.5) is 5.69 Å². The highest BCUT2D eigenvalue weighted by Crippen LogP contribution is 2.32. The molecule has 9 nitrogen and oxygen atoms in total. The van der Waals surface area contributed by atoms with Crippen LogP contribution in [0.1, 0.15) is 24.5 Å². The summed E-state index contributed by atoms with van der Waals surface area (Å²) in [6.07, 6.45) is -0.578. The smallest absolute Gasteiger partial charge is 0.269 e. The maximum absolute atomic E-state index is 10.7. The number of hydrogen-bond acceptors (Lipinski definition) is 8. The van der Waals surface area contributed by atoms with Crippen molar-refractivity contribution in [3.05, 3.63) is 64.0 Å². The van der Waals surface area contributed by atoms with Gasteiger partial charge in [0.15, 0.2) is 17.6 Å². The molecule has 2 aromatic carbocycles. The van der Waals surface area contributed by atoms with Crippen molar-refractivity contribution in [3.63, 3.8) is 0 Å². The standard InChI is InChI=1S/C18H14N4O5/c1-11(26-15-8-3-12(10-19)9-16(15)25-2)17-20-21-18(27-17)13-4-6-14(7-5-13)22(23)24/h3-9,11H,1-2H3/t11-/m1/s1. The first kappa shape index (κ1) is 17.9. The zero-order chi connectivity index (χ0) is 19.4. The fraction of sp³-hybridized carbons (Fsp3) is 0.167. The summed E-state index contributed by atoms with van der Waals surface area (Å²) in [6.45, 7) is 1.73. The molecule has 1 heterocycles. The van der Waals surface area contributed by atoms with E-state index < -0.39 is 11.0 Å². The third kappa shape index (κ3) is 3.85. The number of nitro groups is 1. The molecule has 0 N–H and O–H groups in total. The molecule has 9 heteroatoms. The predicted octanol–water partition coefficient (Wildman–Crippen LogP) is 3.67. The van der Waals surface area contributed by atoms with Gasteiger partial charge in [0.05, 0.1) is 23.7 Å². The Morgan fingerprint density at radius 3 is 2.56 bits per heavy atom. The molecule has 0 saturated heterocycles. The van der Waals surface area contributed by atoms with E-state index >= 15 is 0 Å². The number of ether oxygens (including phenoxy) is 2. The molecule has 0 spiro atoms. The minimum absolute atomic E-state index is 0.0249. The largest absolute Gasteiger partial charge is 0.493 e. The Bertz CT molecular complexity index is 1010. The van der Waals surface area contributed by atoms with Crippen molar-refractivity contribution in [2.45, 2.75) is 13.0 Å². The SMILES string of the molecule is COc1cc(C#N)ccc1O[C@H](C)c1nnc(-c2ccc([N+](=O)[O-])cc2)o1. The average molecular weight is 366 g/mol. The van der Waals surface area contributed by atoms with E-state index in [0.29, 0.717) is 22.6 Å². The van der Waals surface area contributed by atoms with Crippen molar-refractivity contribution < 1.29 is 18.8 Å². The highest BCUT2D eigenvalue weighted by molar-refractivity contribution is 5.55. The van der Waals surface area contributed by atoms with Crippen LogP contribution < -0.4 is 9.47 Å². The van der Waals surface area contributed by atoms with Gasteiger partial charge in [0, 0.05) is 23.8 Å². The van der Waals surface area contributed by atoms with Gasteiger partial charge in [0.2, 0.25) is 5.89 Å². The molecule has 3 rings (SSSR count). The molecule has 27 heavy (non-hydrogen) atoms. The van der Waals surface area contributed by atoms with Crippen LogP contribution in [0.5, 0.6) is 11.5 Å². The summed E-state index contributed by atoms with van der Waals surface area (Å²) < 4.78 is 16.6. The van der Waals surface area contributed by atoms with Crippen molar-refractivity contribution in [1.29, 1.82) is 5.26 Å². The van der Waals surface area contributed by atoms with Gasteiger partial charge in [-0.25, -0.2) is 0 Å². The van der Waals surface area contributed by atoms with Gasteiger partial charge in [0.1, 0.15) is 0 Å². The second-order valence-electron chi connectivity index (χ2n) is 5.49. The first-order chi connectivity index (χ1) is 13.0. The van der Waals surface area contributed by atoms with E-state index in [4.69, 9.17) is 19.2 Å². The Morgan fingerprint density at radius 1 is 1.19 bits per heavy atom.